The second-order valence-corrected chi connectivity index (χ2v) is 3.76. The molecule has 0 unspecified atom stereocenters. The third-order valence-corrected chi connectivity index (χ3v) is 2.45. The van der Waals surface area contributed by atoms with Crippen LogP contribution < -0.4 is 5.73 Å². The Balaban J connectivity index is 3.03. The number of nitrogens with zero attached hydrogens (tertiary/aromatic N) is 1. The Labute approximate surface area is 94.1 Å². The summed E-state index contributed by atoms with van der Waals surface area (Å²) in [6, 6.07) is 4.29. The van der Waals surface area contributed by atoms with E-state index in [9.17, 15) is 4.39 Å². The lowest BCUT2D eigenvalue weighted by Gasteiger charge is -1.99. The maximum atomic E-state index is 12.7. The van der Waals surface area contributed by atoms with Crippen molar-refractivity contribution < 1.29 is 4.39 Å². The van der Waals surface area contributed by atoms with E-state index >= 15 is 0 Å². The average Bonchev–Trinajstić information content (AvgIpc) is 2.09. The number of aliphatic imine (C=N–C) groups is 1. The Morgan fingerprint density at radius 2 is 2.31 bits per heavy atom. The van der Waals surface area contributed by atoms with Gasteiger partial charge in [0, 0.05) is 3.57 Å². The molecule has 0 saturated heterocycles. The second kappa shape index (κ2) is 4.76. The maximum Gasteiger partial charge on any atom is 0.124 e. The Bertz CT molecular complexity index is 341. The van der Waals surface area contributed by atoms with Crippen LogP contribution in [0.3, 0.4) is 0 Å². The lowest BCUT2D eigenvalue weighted by atomic mass is 10.3. The first-order chi connectivity index (χ1) is 6.13. The zero-order valence-electron chi connectivity index (χ0n) is 6.60. The van der Waals surface area contributed by atoms with E-state index in [0.717, 1.165) is 0 Å². The van der Waals surface area contributed by atoms with Crippen molar-refractivity contribution in [2.45, 2.75) is 0 Å². The van der Waals surface area contributed by atoms with Crippen LogP contribution in [-0.2, 0) is 0 Å². The molecule has 0 bridgehead atoms. The van der Waals surface area contributed by atoms with Crippen molar-refractivity contribution in [2.24, 2.45) is 10.7 Å². The zero-order valence-corrected chi connectivity index (χ0v) is 9.51. The molecule has 1 aromatic carbocycles. The van der Waals surface area contributed by atoms with E-state index in [4.69, 9.17) is 17.3 Å². The molecule has 0 amide bonds. The van der Waals surface area contributed by atoms with Crippen LogP contribution >= 0.6 is 34.2 Å². The number of halogens is 3. The van der Waals surface area contributed by atoms with Crippen LogP contribution in [-0.4, -0.2) is 11.7 Å². The largest absolute Gasteiger partial charge is 0.386 e. The van der Waals surface area contributed by atoms with Crippen molar-refractivity contribution in [3.8, 4) is 0 Å². The molecule has 13 heavy (non-hydrogen) atoms. The predicted octanol–water partition coefficient (Wildman–Crippen LogP) is 2.66. The fraction of sp³-hybridized carbons (Fsp3) is 0.125. The van der Waals surface area contributed by atoms with Gasteiger partial charge in [0.15, 0.2) is 0 Å². The first-order valence-electron chi connectivity index (χ1n) is 3.47. The van der Waals surface area contributed by atoms with E-state index < -0.39 is 0 Å². The van der Waals surface area contributed by atoms with E-state index in [1.807, 2.05) is 22.6 Å². The van der Waals surface area contributed by atoms with Crippen LogP contribution in [0.5, 0.6) is 0 Å². The highest BCUT2D eigenvalue weighted by Gasteiger charge is 2.00. The molecule has 0 atom stereocenters. The normalized spacial score (nSPS) is 11.8. The fourth-order valence-corrected chi connectivity index (χ4v) is 1.41. The minimum Gasteiger partial charge on any atom is -0.386 e. The van der Waals surface area contributed by atoms with E-state index in [1.54, 1.807) is 6.07 Å². The van der Waals surface area contributed by atoms with E-state index in [-0.39, 0.29) is 11.7 Å². The Morgan fingerprint density at radius 1 is 1.62 bits per heavy atom. The van der Waals surface area contributed by atoms with E-state index in [2.05, 4.69) is 4.99 Å². The number of alkyl halides is 1. The van der Waals surface area contributed by atoms with Crippen molar-refractivity contribution in [3.05, 3.63) is 27.6 Å². The molecule has 2 N–H and O–H groups in total. The third-order valence-electron chi connectivity index (χ3n) is 1.31. The predicted molar refractivity (Wildman–Crippen MR) is 61.1 cm³/mol. The number of rotatable bonds is 2. The summed E-state index contributed by atoms with van der Waals surface area (Å²) in [6.07, 6.45) is 0. The van der Waals surface area contributed by atoms with Crippen LogP contribution in [0.25, 0.3) is 0 Å². The minimum atomic E-state index is -0.284. The monoisotopic (exact) mass is 312 g/mol. The van der Waals surface area contributed by atoms with E-state index in [1.165, 1.54) is 12.1 Å². The van der Waals surface area contributed by atoms with Crippen molar-refractivity contribution >= 4 is 45.7 Å². The summed E-state index contributed by atoms with van der Waals surface area (Å²) in [5.74, 6) is 0.215. The third kappa shape index (κ3) is 3.11. The number of hydrogen-bond acceptors (Lipinski definition) is 1. The molecule has 0 saturated carbocycles. The standard InChI is InChI=1S/C8H7ClFIN2/c9-4-8(12)13-7-2-1-5(10)3-6(7)11/h1-3H,4H2,(H2,12,13). The van der Waals surface area contributed by atoms with Gasteiger partial charge in [-0.3, -0.25) is 0 Å². The molecule has 0 fully saturated rings. The van der Waals surface area contributed by atoms with E-state index in [0.29, 0.717) is 15.1 Å². The van der Waals surface area contributed by atoms with Crippen molar-refractivity contribution in [1.82, 2.24) is 0 Å². The second-order valence-electron chi connectivity index (χ2n) is 2.33. The molecule has 0 spiro atoms. The first-order valence-corrected chi connectivity index (χ1v) is 5.09. The molecule has 1 aromatic rings. The Kier molecular flexibility index (Phi) is 3.92. The van der Waals surface area contributed by atoms with Gasteiger partial charge in [0.25, 0.3) is 0 Å². The van der Waals surface area contributed by atoms with Gasteiger partial charge in [-0.25, -0.2) is 9.38 Å². The molecule has 0 aliphatic heterocycles. The minimum absolute atomic E-state index is 0.174. The summed E-state index contributed by atoms with van der Waals surface area (Å²) in [7, 11) is 0. The lowest BCUT2D eigenvalue weighted by molar-refractivity contribution is 0.627. The number of hydrogen-bond donors (Lipinski definition) is 1. The van der Waals surface area contributed by atoms with Gasteiger partial charge < -0.3 is 5.73 Å². The van der Waals surface area contributed by atoms with Crippen LogP contribution in [0, 0.1) is 9.39 Å². The molecule has 0 radical (unpaired) electrons. The molecule has 70 valence electrons. The van der Waals surface area contributed by atoms with Crippen LogP contribution in [0.2, 0.25) is 0 Å². The average molecular weight is 313 g/mol. The molecule has 0 aliphatic rings. The van der Waals surface area contributed by atoms with Crippen molar-refractivity contribution in [3.63, 3.8) is 0 Å². The highest BCUT2D eigenvalue weighted by atomic mass is 127. The summed E-state index contributed by atoms with van der Waals surface area (Å²) >= 11 is 7.44. The molecule has 5 heteroatoms. The smallest absolute Gasteiger partial charge is 0.124 e. The fourth-order valence-electron chi connectivity index (χ4n) is 0.757. The topological polar surface area (TPSA) is 38.4 Å². The first kappa shape index (κ1) is 10.7. The van der Waals surface area contributed by atoms with Gasteiger partial charge in [-0.15, -0.1) is 11.6 Å². The van der Waals surface area contributed by atoms with Gasteiger partial charge in [0.1, 0.15) is 11.7 Å². The SMILES string of the molecule is NC(CCl)=Nc1ccc(F)cc1I. The summed E-state index contributed by atoms with van der Waals surface area (Å²) < 4.78 is 13.4. The molecule has 0 aliphatic carbocycles. The van der Waals surface area contributed by atoms with Crippen LogP contribution in [0.15, 0.2) is 23.2 Å². The molecular weight excluding hydrogens is 305 g/mol. The van der Waals surface area contributed by atoms with Crippen LogP contribution in [0.1, 0.15) is 0 Å². The molecule has 0 heterocycles. The molecule has 0 aromatic heterocycles. The summed E-state index contributed by atoms with van der Waals surface area (Å²) in [6.45, 7) is 0. The zero-order chi connectivity index (χ0) is 9.84. The van der Waals surface area contributed by atoms with Gasteiger partial charge in [-0.05, 0) is 40.8 Å². The maximum absolute atomic E-state index is 12.7. The van der Waals surface area contributed by atoms with Crippen molar-refractivity contribution in [1.29, 1.82) is 0 Å². The Morgan fingerprint density at radius 3 is 2.85 bits per heavy atom. The lowest BCUT2D eigenvalue weighted by Crippen LogP contribution is -2.12. The van der Waals surface area contributed by atoms with Gasteiger partial charge in [0.2, 0.25) is 0 Å². The Hall–Kier alpha value is -0.360. The van der Waals surface area contributed by atoms with Gasteiger partial charge in [-0.2, -0.15) is 0 Å². The summed E-state index contributed by atoms with van der Waals surface area (Å²) in [5, 5.41) is 0. The highest BCUT2D eigenvalue weighted by molar-refractivity contribution is 14.1. The molecular formula is C8H7ClFIN2. The van der Waals surface area contributed by atoms with Crippen LogP contribution in [0.4, 0.5) is 10.1 Å². The van der Waals surface area contributed by atoms with Gasteiger partial charge >= 0.3 is 0 Å². The van der Waals surface area contributed by atoms with Gasteiger partial charge in [-0.1, -0.05) is 0 Å². The molecule has 2 nitrogen and oxygen atoms in total. The summed E-state index contributed by atoms with van der Waals surface area (Å²) in [4.78, 5) is 4.01. The van der Waals surface area contributed by atoms with Gasteiger partial charge in [0.05, 0.1) is 11.6 Å². The number of amidine groups is 1. The number of nitrogens with two attached hydrogens (primary N) is 1. The molecule has 1 rings (SSSR count). The summed E-state index contributed by atoms with van der Waals surface area (Å²) in [5.41, 5.74) is 6.07. The van der Waals surface area contributed by atoms with Crippen molar-refractivity contribution in [2.75, 3.05) is 5.88 Å². The quantitative estimate of drug-likeness (QED) is 0.388. The number of benzene rings is 1. The highest BCUT2D eigenvalue weighted by Crippen LogP contribution is 2.21.